The van der Waals surface area contributed by atoms with Crippen molar-refractivity contribution in [3.63, 3.8) is 0 Å². The molecule has 0 bridgehead atoms. The van der Waals surface area contributed by atoms with Crippen LogP contribution in [0.3, 0.4) is 0 Å². The molecule has 0 aliphatic carbocycles. The van der Waals surface area contributed by atoms with Crippen LogP contribution in [-0.2, 0) is 16.0 Å². The van der Waals surface area contributed by atoms with E-state index in [1.165, 1.54) is 17.7 Å². The maximum absolute atomic E-state index is 5.58. The third kappa shape index (κ3) is 8.60. The van der Waals surface area contributed by atoms with E-state index in [0.717, 1.165) is 58.9 Å². The van der Waals surface area contributed by atoms with E-state index in [2.05, 4.69) is 60.2 Å². The molecule has 1 saturated heterocycles. The zero-order valence-electron chi connectivity index (χ0n) is 17.6. The average Bonchev–Trinajstić information content (AvgIpc) is 2.70. The van der Waals surface area contributed by atoms with Crippen LogP contribution in [0.5, 0.6) is 0 Å². The Morgan fingerprint density at radius 1 is 0.963 bits per heavy atom. The Labute approximate surface area is 167 Å². The van der Waals surface area contributed by atoms with E-state index >= 15 is 0 Å². The second-order valence-corrected chi connectivity index (χ2v) is 7.54. The molecule has 2 rings (SSSR count). The van der Waals surface area contributed by atoms with Crippen molar-refractivity contribution in [3.8, 4) is 0 Å². The normalized spacial score (nSPS) is 15.6. The topological polar surface area (TPSA) is 37.0 Å². The first-order chi connectivity index (χ1) is 13.2. The number of nitrogens with one attached hydrogen (secondary N) is 1. The standard InChI is InChI=1S/C22H39N3O2.H2/c1-4-5-15-26-17-18-27-16-10-23-19-21-6-8-22(9-7-21)25-13-11-24(12-14-25)20(2)3;/h6-9,20,23H,4-5,10-19H2,1-3H3;1H. The second kappa shape index (κ2) is 13.1. The highest BCUT2D eigenvalue weighted by Crippen LogP contribution is 2.18. The summed E-state index contributed by atoms with van der Waals surface area (Å²) in [5.74, 6) is 0. The van der Waals surface area contributed by atoms with Crippen LogP contribution in [0.1, 0.15) is 40.6 Å². The van der Waals surface area contributed by atoms with E-state index in [-0.39, 0.29) is 1.43 Å². The highest BCUT2D eigenvalue weighted by molar-refractivity contribution is 5.48. The Kier molecular flexibility index (Phi) is 10.8. The smallest absolute Gasteiger partial charge is 0.0701 e. The number of nitrogens with zero attached hydrogens (tertiary/aromatic N) is 2. The summed E-state index contributed by atoms with van der Waals surface area (Å²) in [6.45, 7) is 16.0. The predicted molar refractivity (Wildman–Crippen MR) is 116 cm³/mol. The molecule has 1 aliphatic rings. The van der Waals surface area contributed by atoms with Gasteiger partial charge in [0, 0.05) is 59.0 Å². The minimum absolute atomic E-state index is 0. The fraction of sp³-hybridized carbons (Fsp3) is 0.727. The number of unbranched alkanes of at least 4 members (excludes halogenated alkanes) is 1. The molecule has 1 fully saturated rings. The van der Waals surface area contributed by atoms with E-state index < -0.39 is 0 Å². The molecule has 156 valence electrons. The average molecular weight is 380 g/mol. The molecular formula is C22H41N3O2. The van der Waals surface area contributed by atoms with Crippen LogP contribution in [0.25, 0.3) is 0 Å². The second-order valence-electron chi connectivity index (χ2n) is 7.54. The molecule has 1 aliphatic heterocycles. The summed E-state index contributed by atoms with van der Waals surface area (Å²) in [4.78, 5) is 5.04. The zero-order chi connectivity index (χ0) is 19.3. The molecule has 0 unspecified atom stereocenters. The van der Waals surface area contributed by atoms with Gasteiger partial charge in [-0.2, -0.15) is 0 Å². The molecule has 0 spiro atoms. The number of hydrogen-bond donors (Lipinski definition) is 1. The maximum Gasteiger partial charge on any atom is 0.0701 e. The molecule has 5 nitrogen and oxygen atoms in total. The monoisotopic (exact) mass is 379 g/mol. The summed E-state index contributed by atoms with van der Waals surface area (Å²) in [6.07, 6.45) is 2.31. The molecule has 0 radical (unpaired) electrons. The van der Waals surface area contributed by atoms with Gasteiger partial charge in [0.15, 0.2) is 0 Å². The highest BCUT2D eigenvalue weighted by atomic mass is 16.5. The summed E-state index contributed by atoms with van der Waals surface area (Å²) in [5, 5.41) is 3.44. The fourth-order valence-corrected chi connectivity index (χ4v) is 3.27. The van der Waals surface area contributed by atoms with E-state index in [4.69, 9.17) is 9.47 Å². The summed E-state index contributed by atoms with van der Waals surface area (Å²) in [7, 11) is 0. The lowest BCUT2D eigenvalue weighted by Crippen LogP contribution is -2.48. The van der Waals surface area contributed by atoms with Gasteiger partial charge in [0.05, 0.1) is 19.8 Å². The third-order valence-corrected chi connectivity index (χ3v) is 5.11. The fourth-order valence-electron chi connectivity index (χ4n) is 3.27. The van der Waals surface area contributed by atoms with Gasteiger partial charge in [-0.25, -0.2) is 0 Å². The van der Waals surface area contributed by atoms with Crippen molar-refractivity contribution >= 4 is 5.69 Å². The van der Waals surface area contributed by atoms with Gasteiger partial charge in [-0.05, 0) is 38.0 Å². The molecule has 0 saturated carbocycles. The highest BCUT2D eigenvalue weighted by Gasteiger charge is 2.18. The number of ether oxygens (including phenoxy) is 2. The first kappa shape index (κ1) is 22.2. The molecule has 1 aromatic carbocycles. The van der Waals surface area contributed by atoms with Gasteiger partial charge in [0.2, 0.25) is 0 Å². The predicted octanol–water partition coefficient (Wildman–Crippen LogP) is 3.39. The summed E-state index contributed by atoms with van der Waals surface area (Å²) in [6, 6.07) is 9.63. The van der Waals surface area contributed by atoms with Crippen LogP contribution < -0.4 is 10.2 Å². The Bertz CT molecular complexity index is 491. The third-order valence-electron chi connectivity index (χ3n) is 5.11. The molecular weight excluding hydrogens is 338 g/mol. The van der Waals surface area contributed by atoms with E-state index in [1.807, 2.05) is 0 Å². The number of benzene rings is 1. The van der Waals surface area contributed by atoms with Gasteiger partial charge >= 0.3 is 0 Å². The van der Waals surface area contributed by atoms with Crippen LogP contribution in [0.2, 0.25) is 0 Å². The van der Waals surface area contributed by atoms with Gasteiger partial charge in [0.25, 0.3) is 0 Å². The molecule has 0 atom stereocenters. The Morgan fingerprint density at radius 2 is 1.63 bits per heavy atom. The van der Waals surface area contributed by atoms with E-state index in [1.54, 1.807) is 0 Å². The van der Waals surface area contributed by atoms with Crippen molar-refractivity contribution in [2.45, 2.75) is 46.2 Å². The van der Waals surface area contributed by atoms with Crippen molar-refractivity contribution in [2.75, 3.05) is 64.1 Å². The zero-order valence-corrected chi connectivity index (χ0v) is 17.6. The number of piperazine rings is 1. The Hall–Kier alpha value is -1.14. The Balaban J connectivity index is 0.00000392. The molecule has 27 heavy (non-hydrogen) atoms. The maximum atomic E-state index is 5.58. The molecule has 0 aromatic heterocycles. The molecule has 1 N–H and O–H groups in total. The number of hydrogen-bond acceptors (Lipinski definition) is 5. The van der Waals surface area contributed by atoms with Gasteiger partial charge in [-0.1, -0.05) is 25.5 Å². The van der Waals surface area contributed by atoms with Crippen LogP contribution in [-0.4, -0.2) is 70.1 Å². The van der Waals surface area contributed by atoms with Crippen LogP contribution in [0, 0.1) is 0 Å². The van der Waals surface area contributed by atoms with Gasteiger partial charge in [-0.3, -0.25) is 4.90 Å². The Morgan fingerprint density at radius 3 is 2.26 bits per heavy atom. The largest absolute Gasteiger partial charge is 0.379 e. The quantitative estimate of drug-likeness (QED) is 0.532. The SMILES string of the molecule is CCCCOCCOCCNCc1ccc(N2CCN(C(C)C)CC2)cc1.[HH]. The van der Waals surface area contributed by atoms with Crippen LogP contribution in [0.4, 0.5) is 5.69 Å². The van der Waals surface area contributed by atoms with Crippen molar-refractivity contribution in [2.24, 2.45) is 0 Å². The minimum Gasteiger partial charge on any atom is -0.379 e. The van der Waals surface area contributed by atoms with Crippen LogP contribution in [0.15, 0.2) is 24.3 Å². The first-order valence-electron chi connectivity index (χ1n) is 10.6. The van der Waals surface area contributed by atoms with Crippen molar-refractivity contribution in [1.82, 2.24) is 10.2 Å². The van der Waals surface area contributed by atoms with Crippen LogP contribution >= 0.6 is 0 Å². The first-order valence-corrected chi connectivity index (χ1v) is 10.6. The summed E-state index contributed by atoms with van der Waals surface area (Å²) in [5.41, 5.74) is 2.66. The lowest BCUT2D eigenvalue weighted by molar-refractivity contribution is 0.0477. The van der Waals surface area contributed by atoms with Gasteiger partial charge in [0.1, 0.15) is 0 Å². The van der Waals surface area contributed by atoms with E-state index in [0.29, 0.717) is 19.3 Å². The lowest BCUT2D eigenvalue weighted by atomic mass is 10.1. The lowest BCUT2D eigenvalue weighted by Gasteiger charge is -2.38. The molecule has 5 heteroatoms. The van der Waals surface area contributed by atoms with Crippen molar-refractivity contribution < 1.29 is 10.9 Å². The van der Waals surface area contributed by atoms with Gasteiger partial charge < -0.3 is 19.7 Å². The molecule has 0 amide bonds. The minimum atomic E-state index is 0. The van der Waals surface area contributed by atoms with E-state index in [9.17, 15) is 0 Å². The molecule has 1 heterocycles. The number of rotatable bonds is 13. The molecule has 1 aromatic rings. The van der Waals surface area contributed by atoms with Crippen molar-refractivity contribution in [3.05, 3.63) is 29.8 Å². The van der Waals surface area contributed by atoms with Crippen molar-refractivity contribution in [1.29, 1.82) is 0 Å². The number of anilines is 1. The summed E-state index contributed by atoms with van der Waals surface area (Å²) >= 11 is 0. The van der Waals surface area contributed by atoms with Gasteiger partial charge in [-0.15, -0.1) is 0 Å². The summed E-state index contributed by atoms with van der Waals surface area (Å²) < 4.78 is 11.1.